The van der Waals surface area contributed by atoms with Gasteiger partial charge in [0.1, 0.15) is 11.6 Å². The van der Waals surface area contributed by atoms with Gasteiger partial charge in [0, 0.05) is 58.5 Å². The van der Waals surface area contributed by atoms with Crippen molar-refractivity contribution in [1.29, 1.82) is 0 Å². The van der Waals surface area contributed by atoms with Gasteiger partial charge in [-0.1, -0.05) is 60.3 Å². The molecule has 0 radical (unpaired) electrons. The van der Waals surface area contributed by atoms with Crippen LogP contribution in [0.2, 0.25) is 10.0 Å². The maximum Gasteiger partial charge on any atom is 0.315 e. The van der Waals surface area contributed by atoms with Crippen molar-refractivity contribution in [3.05, 3.63) is 117 Å². The molecule has 0 unspecified atom stereocenters. The minimum Gasteiger partial charge on any atom is -0.344 e. The van der Waals surface area contributed by atoms with E-state index in [1.165, 1.54) is 29.9 Å². The van der Waals surface area contributed by atoms with Gasteiger partial charge in [0.25, 0.3) is 5.91 Å². The second kappa shape index (κ2) is 16.0. The van der Waals surface area contributed by atoms with E-state index in [0.717, 1.165) is 49.4 Å². The number of rotatable bonds is 12. The molecule has 2 fully saturated rings. The van der Waals surface area contributed by atoms with Gasteiger partial charge in [-0.2, -0.15) is 8.78 Å². The standard InChI is InChI=1S/C19H18ClF2N3O2.C17H18ClN3O/c20-14-4-2-13(3-5-14)19(6-1-7-19)8-16-23-9-12(10-24-16)15(26)11-25-18(27)17(21)22;18-14-4-2-13(3-5-14)17(6-1-7-17)8-16-20-10-12(11-21-16)15(22)9-19/h2-5,9-10,17H,1,6-8,11H2,(H,25,27);2-5,10-11H,1,6-9,19H2. The highest BCUT2D eigenvalue weighted by Gasteiger charge is 2.40. The predicted octanol–water partition coefficient (Wildman–Crippen LogP) is 6.29. The number of hydrogen-bond acceptors (Lipinski definition) is 8. The second-order valence-corrected chi connectivity index (χ2v) is 13.4. The Morgan fingerprint density at radius 2 is 1.08 bits per heavy atom. The smallest absolute Gasteiger partial charge is 0.315 e. The molecule has 9 nitrogen and oxygen atoms in total. The van der Waals surface area contributed by atoms with Crippen LogP contribution in [-0.4, -0.2) is 56.9 Å². The molecule has 6 rings (SSSR count). The first kappa shape index (κ1) is 36.1. The van der Waals surface area contributed by atoms with Gasteiger partial charge < -0.3 is 11.1 Å². The van der Waals surface area contributed by atoms with Crippen molar-refractivity contribution in [1.82, 2.24) is 25.3 Å². The molecule has 0 aliphatic heterocycles. The van der Waals surface area contributed by atoms with Crippen LogP contribution in [0.15, 0.2) is 73.3 Å². The Morgan fingerprint density at radius 1 is 0.694 bits per heavy atom. The molecule has 3 N–H and O–H groups in total. The summed E-state index contributed by atoms with van der Waals surface area (Å²) in [6.07, 6.45) is 10.8. The molecule has 0 bridgehead atoms. The van der Waals surface area contributed by atoms with Crippen molar-refractivity contribution in [3.63, 3.8) is 0 Å². The summed E-state index contributed by atoms with van der Waals surface area (Å²) in [5.41, 5.74) is 8.54. The number of halogens is 4. The van der Waals surface area contributed by atoms with Crippen molar-refractivity contribution in [2.24, 2.45) is 5.73 Å². The summed E-state index contributed by atoms with van der Waals surface area (Å²) in [7, 11) is 0. The van der Waals surface area contributed by atoms with E-state index in [-0.39, 0.29) is 28.7 Å². The lowest BCUT2D eigenvalue weighted by Crippen LogP contribution is -2.37. The second-order valence-electron chi connectivity index (χ2n) is 12.5. The molecule has 13 heteroatoms. The number of aromatic nitrogens is 4. The highest BCUT2D eigenvalue weighted by atomic mass is 35.5. The van der Waals surface area contributed by atoms with Gasteiger partial charge in [0.2, 0.25) is 0 Å². The van der Waals surface area contributed by atoms with Crippen molar-refractivity contribution in [3.8, 4) is 0 Å². The minimum absolute atomic E-state index is 0.0164. The fourth-order valence-electron chi connectivity index (χ4n) is 6.20. The van der Waals surface area contributed by atoms with Crippen molar-refractivity contribution >= 4 is 40.7 Å². The third-order valence-corrected chi connectivity index (χ3v) is 9.89. The number of alkyl halides is 2. The Balaban J connectivity index is 0.000000195. The number of hydrogen-bond donors (Lipinski definition) is 2. The zero-order chi connectivity index (χ0) is 35.0. The number of carbonyl (C=O) groups is 3. The lowest BCUT2D eigenvalue weighted by atomic mass is 9.62. The molecule has 4 aromatic rings. The Bertz CT molecular complexity index is 1750. The monoisotopic (exact) mass is 708 g/mol. The number of nitrogens with one attached hydrogen (secondary N) is 1. The first-order valence-corrected chi connectivity index (χ1v) is 16.7. The fourth-order valence-corrected chi connectivity index (χ4v) is 6.45. The molecule has 0 saturated heterocycles. The van der Waals surface area contributed by atoms with E-state index in [1.54, 1.807) is 12.4 Å². The Labute approximate surface area is 293 Å². The van der Waals surface area contributed by atoms with Crippen LogP contribution in [0.3, 0.4) is 0 Å². The van der Waals surface area contributed by atoms with Crippen LogP contribution < -0.4 is 11.1 Å². The maximum atomic E-state index is 12.1. The van der Waals surface area contributed by atoms with Gasteiger partial charge in [-0.05, 0) is 61.1 Å². The number of nitrogens with zero attached hydrogens (tertiary/aromatic N) is 4. The lowest BCUT2D eigenvalue weighted by Gasteiger charge is -2.42. The van der Waals surface area contributed by atoms with Gasteiger partial charge in [-0.25, -0.2) is 19.9 Å². The van der Waals surface area contributed by atoms with Crippen LogP contribution in [0.4, 0.5) is 8.78 Å². The molecular weight excluding hydrogens is 673 g/mol. The number of Topliss-reactive ketones (excluding diaryl/α,β-unsaturated/α-hetero) is 2. The normalized spacial score (nSPS) is 15.6. The van der Waals surface area contributed by atoms with E-state index in [1.807, 2.05) is 41.7 Å². The number of ketones is 2. The van der Waals surface area contributed by atoms with Gasteiger partial charge in [0.05, 0.1) is 24.2 Å². The highest BCUT2D eigenvalue weighted by molar-refractivity contribution is 6.30. The van der Waals surface area contributed by atoms with Crippen LogP contribution in [0.5, 0.6) is 0 Å². The predicted molar refractivity (Wildman–Crippen MR) is 182 cm³/mol. The molecule has 2 aliphatic carbocycles. The maximum absolute atomic E-state index is 12.1. The highest BCUT2D eigenvalue weighted by Crippen LogP contribution is 2.47. The Hall–Kier alpha value is -4.19. The summed E-state index contributed by atoms with van der Waals surface area (Å²) in [6, 6.07) is 15.8. The Morgan fingerprint density at radius 3 is 1.41 bits per heavy atom. The summed E-state index contributed by atoms with van der Waals surface area (Å²) in [6.45, 7) is -0.530. The first-order valence-electron chi connectivity index (χ1n) is 16.0. The average molecular weight is 710 g/mol. The summed E-state index contributed by atoms with van der Waals surface area (Å²) in [4.78, 5) is 51.5. The SMILES string of the molecule is NCC(=O)c1cnc(CC2(c3ccc(Cl)cc3)CCC2)nc1.O=C(CNC(=O)C(F)F)c1cnc(CC2(c3ccc(Cl)cc3)CCC2)nc1. The van der Waals surface area contributed by atoms with E-state index in [4.69, 9.17) is 28.9 Å². The number of amides is 1. The fraction of sp³-hybridized carbons (Fsp3) is 0.361. The topological polar surface area (TPSA) is 141 Å². The molecule has 256 valence electrons. The molecule has 0 spiro atoms. The summed E-state index contributed by atoms with van der Waals surface area (Å²) in [5, 5.41) is 3.31. The van der Waals surface area contributed by atoms with Gasteiger partial charge >= 0.3 is 6.43 Å². The molecule has 2 aromatic heterocycles. The van der Waals surface area contributed by atoms with Crippen LogP contribution in [0, 0.1) is 0 Å². The van der Waals surface area contributed by atoms with Crippen LogP contribution in [0.25, 0.3) is 0 Å². The van der Waals surface area contributed by atoms with Gasteiger partial charge in [-0.3, -0.25) is 14.4 Å². The third kappa shape index (κ3) is 8.89. The summed E-state index contributed by atoms with van der Waals surface area (Å²) in [5.74, 6) is -0.758. The molecular formula is C36H36Cl2F2N6O3. The molecule has 1 amide bonds. The van der Waals surface area contributed by atoms with Gasteiger partial charge in [0.15, 0.2) is 11.6 Å². The molecule has 2 saturated carbocycles. The number of nitrogens with two attached hydrogens (primary N) is 1. The Kier molecular flexibility index (Phi) is 11.8. The van der Waals surface area contributed by atoms with Crippen LogP contribution in [-0.2, 0) is 28.5 Å². The number of carbonyl (C=O) groups excluding carboxylic acids is 3. The zero-order valence-electron chi connectivity index (χ0n) is 26.7. The average Bonchev–Trinajstić information content (AvgIpc) is 3.08. The van der Waals surface area contributed by atoms with E-state index >= 15 is 0 Å². The lowest BCUT2D eigenvalue weighted by molar-refractivity contribution is -0.131. The zero-order valence-corrected chi connectivity index (χ0v) is 28.2. The van der Waals surface area contributed by atoms with Crippen LogP contribution in [0.1, 0.15) is 82.0 Å². The molecule has 2 heterocycles. The molecule has 2 aliphatic rings. The molecule has 0 atom stereocenters. The van der Waals surface area contributed by atoms with E-state index in [2.05, 4.69) is 32.1 Å². The van der Waals surface area contributed by atoms with Crippen molar-refractivity contribution in [2.75, 3.05) is 13.1 Å². The first-order chi connectivity index (χ1) is 23.5. The minimum atomic E-state index is -3.15. The molecule has 2 aromatic carbocycles. The van der Waals surface area contributed by atoms with E-state index in [9.17, 15) is 23.2 Å². The largest absolute Gasteiger partial charge is 0.344 e. The van der Waals surface area contributed by atoms with Crippen molar-refractivity contribution < 1.29 is 23.2 Å². The van der Waals surface area contributed by atoms with Crippen LogP contribution >= 0.6 is 23.2 Å². The van der Waals surface area contributed by atoms with Gasteiger partial charge in [-0.15, -0.1) is 0 Å². The summed E-state index contributed by atoms with van der Waals surface area (Å²) >= 11 is 11.9. The van der Waals surface area contributed by atoms with Crippen molar-refractivity contribution in [2.45, 2.75) is 68.6 Å². The quantitative estimate of drug-likeness (QED) is 0.164. The summed E-state index contributed by atoms with van der Waals surface area (Å²) < 4.78 is 24.3. The third-order valence-electron chi connectivity index (χ3n) is 9.39. The van der Waals surface area contributed by atoms with E-state index < -0.39 is 24.7 Å². The molecule has 49 heavy (non-hydrogen) atoms. The van der Waals surface area contributed by atoms with E-state index in [0.29, 0.717) is 22.8 Å². The number of benzene rings is 2.